The van der Waals surface area contributed by atoms with Gasteiger partial charge >= 0.3 is 5.97 Å². The quantitative estimate of drug-likeness (QED) is 0.739. The molecule has 0 amide bonds. The zero-order chi connectivity index (χ0) is 18.0. The molecule has 0 atom stereocenters. The van der Waals surface area contributed by atoms with Gasteiger partial charge in [-0.1, -0.05) is 6.92 Å². The van der Waals surface area contributed by atoms with E-state index in [1.807, 2.05) is 19.9 Å². The van der Waals surface area contributed by atoms with E-state index in [9.17, 15) is 14.3 Å². The van der Waals surface area contributed by atoms with Crippen LogP contribution >= 0.6 is 0 Å². The van der Waals surface area contributed by atoms with Crippen LogP contribution in [0.25, 0.3) is 10.9 Å². The second-order valence-corrected chi connectivity index (χ2v) is 5.87. The number of halogens is 1. The Bertz CT molecular complexity index is 934. The van der Waals surface area contributed by atoms with Crippen LogP contribution in [0, 0.1) is 12.7 Å². The molecule has 0 saturated heterocycles. The van der Waals surface area contributed by atoms with Crippen LogP contribution in [-0.2, 0) is 13.0 Å². The molecule has 6 heteroatoms. The maximum Gasteiger partial charge on any atom is 0.352 e. The van der Waals surface area contributed by atoms with Crippen molar-refractivity contribution < 1.29 is 19.0 Å². The number of ether oxygens (including phenoxy) is 1. The van der Waals surface area contributed by atoms with Crippen molar-refractivity contribution in [3.8, 4) is 5.88 Å². The molecule has 2 heterocycles. The van der Waals surface area contributed by atoms with E-state index < -0.39 is 11.8 Å². The first-order chi connectivity index (χ1) is 12.0. The van der Waals surface area contributed by atoms with E-state index in [2.05, 4.69) is 4.98 Å². The van der Waals surface area contributed by atoms with Gasteiger partial charge < -0.3 is 14.4 Å². The zero-order valence-electron chi connectivity index (χ0n) is 14.1. The number of rotatable bonds is 6. The van der Waals surface area contributed by atoms with Crippen LogP contribution in [-0.4, -0.2) is 27.2 Å². The summed E-state index contributed by atoms with van der Waals surface area (Å²) in [6.45, 7) is 4.60. The third kappa shape index (κ3) is 3.47. The molecule has 0 aliphatic carbocycles. The molecule has 0 fully saturated rings. The monoisotopic (exact) mass is 342 g/mol. The average Bonchev–Trinajstić information content (AvgIpc) is 2.94. The van der Waals surface area contributed by atoms with E-state index in [0.717, 1.165) is 17.5 Å². The molecule has 1 aromatic carbocycles. The van der Waals surface area contributed by atoms with E-state index in [0.29, 0.717) is 23.3 Å². The van der Waals surface area contributed by atoms with Crippen LogP contribution in [0.3, 0.4) is 0 Å². The summed E-state index contributed by atoms with van der Waals surface area (Å²) in [4.78, 5) is 15.8. The molecule has 0 spiro atoms. The molecule has 3 rings (SSSR count). The van der Waals surface area contributed by atoms with E-state index in [1.54, 1.807) is 16.8 Å². The molecule has 25 heavy (non-hydrogen) atoms. The maximum atomic E-state index is 13.4. The average molecular weight is 342 g/mol. The fourth-order valence-electron chi connectivity index (χ4n) is 2.89. The van der Waals surface area contributed by atoms with Crippen LogP contribution in [0.2, 0.25) is 0 Å². The number of pyridine rings is 1. The van der Waals surface area contributed by atoms with Gasteiger partial charge in [-0.15, -0.1) is 0 Å². The first kappa shape index (κ1) is 17.0. The molecule has 130 valence electrons. The summed E-state index contributed by atoms with van der Waals surface area (Å²) in [5.74, 6) is -0.888. The van der Waals surface area contributed by atoms with Gasteiger partial charge in [0.05, 0.1) is 6.54 Å². The van der Waals surface area contributed by atoms with Crippen molar-refractivity contribution in [1.29, 1.82) is 0 Å². The lowest BCUT2D eigenvalue weighted by Gasteiger charge is -2.12. The number of carboxylic acid groups (broad SMARTS) is 1. The van der Waals surface area contributed by atoms with Gasteiger partial charge in [0.2, 0.25) is 5.88 Å². The molecule has 0 saturated carbocycles. The van der Waals surface area contributed by atoms with Gasteiger partial charge in [-0.2, -0.15) is 0 Å². The number of hydrogen-bond acceptors (Lipinski definition) is 3. The highest BCUT2D eigenvalue weighted by Gasteiger charge is 2.15. The van der Waals surface area contributed by atoms with Crippen molar-refractivity contribution in [3.63, 3.8) is 0 Å². The van der Waals surface area contributed by atoms with Crippen LogP contribution in [0.1, 0.15) is 28.5 Å². The Morgan fingerprint density at radius 2 is 2.12 bits per heavy atom. The molecule has 0 unspecified atom stereocenters. The molecule has 3 aromatic rings. The number of aromatic nitrogens is 2. The van der Waals surface area contributed by atoms with E-state index in [1.165, 1.54) is 18.2 Å². The fraction of sp³-hybridized carbons (Fsp3) is 0.263. The Morgan fingerprint density at radius 1 is 1.32 bits per heavy atom. The summed E-state index contributed by atoms with van der Waals surface area (Å²) in [6.07, 6.45) is 2.54. The van der Waals surface area contributed by atoms with Crippen molar-refractivity contribution in [2.24, 2.45) is 0 Å². The second-order valence-electron chi connectivity index (χ2n) is 5.87. The molecule has 0 aliphatic heterocycles. The summed E-state index contributed by atoms with van der Waals surface area (Å²) in [7, 11) is 0. The Labute approximate surface area is 144 Å². The molecule has 0 aliphatic rings. The molecule has 0 radical (unpaired) electrons. The number of aryl methyl sites for hydroxylation is 2. The standard InChI is InChI=1S/C19H19FN2O3/c1-3-13-8-12(2)11-21-18(13)25-7-6-22-16-5-4-15(20)9-14(16)10-17(22)19(23)24/h4-5,8-11H,3,6-7H2,1-2H3,(H,23,24). The van der Waals surface area contributed by atoms with E-state index >= 15 is 0 Å². The smallest absolute Gasteiger partial charge is 0.352 e. The predicted octanol–water partition coefficient (Wildman–Crippen LogP) is 3.82. The predicted molar refractivity (Wildman–Crippen MR) is 92.7 cm³/mol. The first-order valence-electron chi connectivity index (χ1n) is 8.10. The topological polar surface area (TPSA) is 64.4 Å². The van der Waals surface area contributed by atoms with Gasteiger partial charge in [0, 0.05) is 22.7 Å². The third-order valence-electron chi connectivity index (χ3n) is 4.08. The van der Waals surface area contributed by atoms with Crippen molar-refractivity contribution in [2.75, 3.05) is 6.61 Å². The largest absolute Gasteiger partial charge is 0.477 e. The highest BCUT2D eigenvalue weighted by molar-refractivity contribution is 5.94. The number of nitrogens with zero attached hydrogens (tertiary/aromatic N) is 2. The third-order valence-corrected chi connectivity index (χ3v) is 4.08. The lowest BCUT2D eigenvalue weighted by Crippen LogP contribution is -2.14. The van der Waals surface area contributed by atoms with E-state index in [-0.39, 0.29) is 12.3 Å². The summed E-state index contributed by atoms with van der Waals surface area (Å²) in [5.41, 5.74) is 2.85. The summed E-state index contributed by atoms with van der Waals surface area (Å²) >= 11 is 0. The van der Waals surface area contributed by atoms with Crippen LogP contribution in [0.15, 0.2) is 36.5 Å². The van der Waals surface area contributed by atoms with Crippen molar-refractivity contribution in [3.05, 3.63) is 59.2 Å². The van der Waals surface area contributed by atoms with Gasteiger partial charge in [0.15, 0.2) is 0 Å². The van der Waals surface area contributed by atoms with Crippen LogP contribution in [0.5, 0.6) is 5.88 Å². The highest BCUT2D eigenvalue weighted by atomic mass is 19.1. The highest BCUT2D eigenvalue weighted by Crippen LogP contribution is 2.22. The van der Waals surface area contributed by atoms with Gasteiger partial charge in [-0.3, -0.25) is 0 Å². The number of carboxylic acids is 1. The number of benzene rings is 1. The minimum absolute atomic E-state index is 0.108. The molecule has 0 bridgehead atoms. The summed E-state index contributed by atoms with van der Waals surface area (Å²) in [5, 5.41) is 9.95. The van der Waals surface area contributed by atoms with Gasteiger partial charge in [0.1, 0.15) is 18.1 Å². The first-order valence-corrected chi connectivity index (χ1v) is 8.10. The lowest BCUT2D eigenvalue weighted by molar-refractivity contribution is 0.0684. The molecule has 2 aromatic heterocycles. The number of carbonyl (C=O) groups is 1. The Kier molecular flexibility index (Phi) is 4.70. The number of fused-ring (bicyclic) bond motifs is 1. The molecular weight excluding hydrogens is 323 g/mol. The Morgan fingerprint density at radius 3 is 2.84 bits per heavy atom. The molecule has 1 N–H and O–H groups in total. The molecular formula is C19H19FN2O3. The SMILES string of the molecule is CCc1cc(C)cnc1OCCn1c(C(=O)O)cc2cc(F)ccc21. The van der Waals surface area contributed by atoms with E-state index in [4.69, 9.17) is 4.74 Å². The second kappa shape index (κ2) is 6.93. The van der Waals surface area contributed by atoms with Crippen LogP contribution < -0.4 is 4.74 Å². The normalized spacial score (nSPS) is 11.0. The minimum Gasteiger partial charge on any atom is -0.477 e. The van der Waals surface area contributed by atoms with Crippen molar-refractivity contribution in [2.45, 2.75) is 26.8 Å². The van der Waals surface area contributed by atoms with Gasteiger partial charge in [-0.05, 0) is 49.2 Å². The minimum atomic E-state index is -1.06. The summed E-state index contributed by atoms with van der Waals surface area (Å²) < 4.78 is 20.8. The van der Waals surface area contributed by atoms with Crippen molar-refractivity contribution in [1.82, 2.24) is 9.55 Å². The number of hydrogen-bond donors (Lipinski definition) is 1. The summed E-state index contributed by atoms with van der Waals surface area (Å²) in [6, 6.07) is 7.73. The van der Waals surface area contributed by atoms with Crippen molar-refractivity contribution >= 4 is 16.9 Å². The zero-order valence-corrected chi connectivity index (χ0v) is 14.1. The number of aromatic carboxylic acids is 1. The lowest BCUT2D eigenvalue weighted by atomic mass is 10.2. The maximum absolute atomic E-state index is 13.4. The Hall–Kier alpha value is -2.89. The van der Waals surface area contributed by atoms with Gasteiger partial charge in [0.25, 0.3) is 0 Å². The Balaban J connectivity index is 1.83. The fourth-order valence-corrected chi connectivity index (χ4v) is 2.89. The van der Waals surface area contributed by atoms with Crippen LogP contribution in [0.4, 0.5) is 4.39 Å². The van der Waals surface area contributed by atoms with Gasteiger partial charge in [-0.25, -0.2) is 14.2 Å². The molecule has 5 nitrogen and oxygen atoms in total.